The van der Waals surface area contributed by atoms with E-state index in [0.717, 1.165) is 0 Å². The average Bonchev–Trinajstić information content (AvgIpc) is 2.12. The van der Waals surface area contributed by atoms with Gasteiger partial charge in [-0.2, -0.15) is 0 Å². The minimum Gasteiger partial charge on any atom is -0.329 e. The quantitative estimate of drug-likeness (QED) is 0.238. The summed E-state index contributed by atoms with van der Waals surface area (Å²) in [6.07, 6.45) is 0. The molecule has 0 spiro atoms. The highest BCUT2D eigenvalue weighted by Gasteiger charge is 2.07. The molecule has 6 nitrogen and oxygen atoms in total. The number of rotatable bonds is 4. The summed E-state index contributed by atoms with van der Waals surface area (Å²) >= 11 is 0. The molecule has 0 amide bonds. The van der Waals surface area contributed by atoms with E-state index in [1.165, 1.54) is 0 Å². The standard InChI is InChI=1S/C6H16N6/c7-1-4(10)5(2-8)12-6(11)3-9/h4,11H,1-3,7-10H2. The van der Waals surface area contributed by atoms with Crippen LogP contribution in [0.1, 0.15) is 0 Å². The van der Waals surface area contributed by atoms with Crippen molar-refractivity contribution in [1.29, 1.82) is 5.41 Å². The van der Waals surface area contributed by atoms with Gasteiger partial charge in [0.2, 0.25) is 0 Å². The largest absolute Gasteiger partial charge is 0.329 e. The Morgan fingerprint density at radius 3 is 2.17 bits per heavy atom. The molecule has 0 fully saturated rings. The predicted octanol–water partition coefficient (Wildman–Crippen LogP) is -2.39. The van der Waals surface area contributed by atoms with Gasteiger partial charge in [-0.25, -0.2) is 4.99 Å². The van der Waals surface area contributed by atoms with E-state index < -0.39 is 0 Å². The lowest BCUT2D eigenvalue weighted by Gasteiger charge is -2.10. The molecule has 1 unspecified atom stereocenters. The summed E-state index contributed by atoms with van der Waals surface area (Å²) in [7, 11) is 0. The summed E-state index contributed by atoms with van der Waals surface area (Å²) in [4.78, 5) is 3.83. The molecule has 0 saturated carbocycles. The summed E-state index contributed by atoms with van der Waals surface area (Å²) in [5, 5.41) is 7.18. The van der Waals surface area contributed by atoms with Crippen LogP contribution in [-0.2, 0) is 0 Å². The topological polar surface area (TPSA) is 140 Å². The van der Waals surface area contributed by atoms with Crippen molar-refractivity contribution in [3.05, 3.63) is 0 Å². The summed E-state index contributed by atoms with van der Waals surface area (Å²) in [5.41, 5.74) is 21.9. The van der Waals surface area contributed by atoms with Gasteiger partial charge in [0.05, 0.1) is 18.3 Å². The number of nitrogens with two attached hydrogens (primary N) is 4. The molecule has 70 valence electrons. The Bertz CT molecular complexity index is 175. The molecule has 0 aliphatic rings. The third kappa shape index (κ3) is 3.54. The first-order valence-electron chi connectivity index (χ1n) is 3.66. The van der Waals surface area contributed by atoms with Gasteiger partial charge >= 0.3 is 0 Å². The lowest BCUT2D eigenvalue weighted by molar-refractivity contribution is 0.848. The molecule has 0 saturated heterocycles. The number of amidine groups is 1. The molecule has 0 heterocycles. The van der Waals surface area contributed by atoms with Crippen LogP contribution in [0.15, 0.2) is 4.99 Å². The smallest absolute Gasteiger partial charge is 0.134 e. The Balaban J connectivity index is 4.31. The normalized spacial score (nSPS) is 14.5. The van der Waals surface area contributed by atoms with Gasteiger partial charge in [-0.15, -0.1) is 0 Å². The molecule has 0 radical (unpaired) electrons. The third-order valence-corrected chi connectivity index (χ3v) is 1.36. The number of aliphatic imine (C=N–C) groups is 1. The molecule has 0 aromatic carbocycles. The first kappa shape index (κ1) is 11.2. The van der Waals surface area contributed by atoms with Gasteiger partial charge in [-0.1, -0.05) is 0 Å². The Kier molecular flexibility index (Phi) is 5.39. The van der Waals surface area contributed by atoms with E-state index in [1.807, 2.05) is 0 Å². The highest BCUT2D eigenvalue weighted by atomic mass is 14.9. The molecule has 0 rings (SSSR count). The number of hydrogen-bond donors (Lipinski definition) is 5. The van der Waals surface area contributed by atoms with Crippen molar-refractivity contribution in [2.75, 3.05) is 19.6 Å². The molecule has 1 atom stereocenters. The second-order valence-electron chi connectivity index (χ2n) is 2.30. The zero-order valence-corrected chi connectivity index (χ0v) is 6.96. The van der Waals surface area contributed by atoms with E-state index in [9.17, 15) is 0 Å². The summed E-state index contributed by atoms with van der Waals surface area (Å²) in [5.74, 6) is 0.0688. The van der Waals surface area contributed by atoms with Crippen LogP contribution in [-0.4, -0.2) is 37.2 Å². The number of nitrogens with one attached hydrogen (secondary N) is 1. The van der Waals surface area contributed by atoms with Gasteiger partial charge in [0.15, 0.2) is 0 Å². The van der Waals surface area contributed by atoms with Crippen LogP contribution in [0.3, 0.4) is 0 Å². The van der Waals surface area contributed by atoms with E-state index in [0.29, 0.717) is 5.71 Å². The van der Waals surface area contributed by atoms with Gasteiger partial charge in [0, 0.05) is 13.1 Å². The van der Waals surface area contributed by atoms with Gasteiger partial charge in [0.1, 0.15) is 5.84 Å². The van der Waals surface area contributed by atoms with Gasteiger partial charge in [-0.05, 0) is 0 Å². The molecule has 0 aromatic rings. The van der Waals surface area contributed by atoms with Crippen molar-refractivity contribution in [3.8, 4) is 0 Å². The van der Waals surface area contributed by atoms with Crippen LogP contribution in [0.2, 0.25) is 0 Å². The zero-order chi connectivity index (χ0) is 9.56. The Morgan fingerprint density at radius 2 is 1.83 bits per heavy atom. The van der Waals surface area contributed by atoms with Crippen LogP contribution in [0.4, 0.5) is 0 Å². The molecule has 12 heavy (non-hydrogen) atoms. The van der Waals surface area contributed by atoms with Crippen LogP contribution in [0.25, 0.3) is 0 Å². The third-order valence-electron chi connectivity index (χ3n) is 1.36. The monoisotopic (exact) mass is 172 g/mol. The number of hydrogen-bond acceptors (Lipinski definition) is 5. The molecule has 0 bridgehead atoms. The van der Waals surface area contributed by atoms with Crippen LogP contribution in [0.5, 0.6) is 0 Å². The van der Waals surface area contributed by atoms with Gasteiger partial charge in [-0.3, -0.25) is 5.41 Å². The summed E-state index contributed by atoms with van der Waals surface area (Å²) in [6.45, 7) is 0.565. The summed E-state index contributed by atoms with van der Waals surface area (Å²) in [6, 6.07) is -0.373. The zero-order valence-electron chi connectivity index (χ0n) is 6.96. The maximum Gasteiger partial charge on any atom is 0.134 e. The minimum absolute atomic E-state index is 0.0688. The molecular formula is C6H16N6. The average molecular weight is 172 g/mol. The van der Waals surface area contributed by atoms with Crippen molar-refractivity contribution >= 4 is 11.5 Å². The maximum absolute atomic E-state index is 7.18. The highest BCUT2D eigenvalue weighted by Crippen LogP contribution is 1.84. The Labute approximate surface area is 71.5 Å². The van der Waals surface area contributed by atoms with Crippen molar-refractivity contribution in [1.82, 2.24) is 0 Å². The molecule has 0 aliphatic carbocycles. The second-order valence-corrected chi connectivity index (χ2v) is 2.30. The van der Waals surface area contributed by atoms with E-state index in [4.69, 9.17) is 28.3 Å². The van der Waals surface area contributed by atoms with Crippen molar-refractivity contribution in [3.63, 3.8) is 0 Å². The van der Waals surface area contributed by atoms with E-state index in [-0.39, 0.29) is 31.5 Å². The van der Waals surface area contributed by atoms with Crippen LogP contribution < -0.4 is 22.9 Å². The van der Waals surface area contributed by atoms with Crippen LogP contribution >= 0.6 is 0 Å². The predicted molar refractivity (Wildman–Crippen MR) is 50.3 cm³/mol. The fraction of sp³-hybridized carbons (Fsp3) is 0.667. The molecule has 6 heteroatoms. The highest BCUT2D eigenvalue weighted by molar-refractivity contribution is 6.01. The van der Waals surface area contributed by atoms with Crippen molar-refractivity contribution < 1.29 is 0 Å². The van der Waals surface area contributed by atoms with E-state index in [1.54, 1.807) is 0 Å². The molecular weight excluding hydrogens is 156 g/mol. The second kappa shape index (κ2) is 5.78. The summed E-state index contributed by atoms with van der Waals surface area (Å²) < 4.78 is 0. The molecule has 0 aromatic heterocycles. The van der Waals surface area contributed by atoms with E-state index in [2.05, 4.69) is 4.99 Å². The Morgan fingerprint density at radius 1 is 1.25 bits per heavy atom. The lowest BCUT2D eigenvalue weighted by atomic mass is 10.2. The maximum atomic E-state index is 7.18. The van der Waals surface area contributed by atoms with E-state index >= 15 is 0 Å². The minimum atomic E-state index is -0.373. The van der Waals surface area contributed by atoms with Gasteiger partial charge < -0.3 is 22.9 Å². The van der Waals surface area contributed by atoms with Crippen molar-refractivity contribution in [2.24, 2.45) is 27.9 Å². The fourth-order valence-corrected chi connectivity index (χ4v) is 0.635. The number of nitrogens with zero attached hydrogens (tertiary/aromatic N) is 1. The van der Waals surface area contributed by atoms with Gasteiger partial charge in [0.25, 0.3) is 0 Å². The first-order valence-corrected chi connectivity index (χ1v) is 3.66. The lowest BCUT2D eigenvalue weighted by Crippen LogP contribution is -2.42. The first-order chi connectivity index (χ1) is 5.65. The SMILES string of the molecule is N=C(CN)N=C(CN)C(N)CN. The van der Waals surface area contributed by atoms with Crippen molar-refractivity contribution in [2.45, 2.75) is 6.04 Å². The fourth-order valence-electron chi connectivity index (χ4n) is 0.635. The molecule has 9 N–H and O–H groups in total. The Hall–Kier alpha value is -0.820. The van der Waals surface area contributed by atoms with Crippen LogP contribution in [0, 0.1) is 5.41 Å². The molecule has 0 aliphatic heterocycles.